The van der Waals surface area contributed by atoms with Crippen LogP contribution in [0.25, 0.3) is 0 Å². The van der Waals surface area contributed by atoms with Crippen LogP contribution in [0.5, 0.6) is 0 Å². The predicted molar refractivity (Wildman–Crippen MR) is 111 cm³/mol. The molecule has 0 radical (unpaired) electrons. The second-order valence-electron chi connectivity index (χ2n) is 8.13. The summed E-state index contributed by atoms with van der Waals surface area (Å²) in [6, 6.07) is 3.04. The number of piperidine rings is 1. The van der Waals surface area contributed by atoms with Crippen molar-refractivity contribution in [1.29, 1.82) is 0 Å². The summed E-state index contributed by atoms with van der Waals surface area (Å²) in [4.78, 5) is 36.1. The Morgan fingerprint density at radius 2 is 1.80 bits per heavy atom. The maximum Gasteiger partial charge on any atom is 0.275 e. The summed E-state index contributed by atoms with van der Waals surface area (Å²) in [6.45, 7) is 8.90. The molecule has 1 aliphatic rings. The molecule has 0 aliphatic carbocycles. The van der Waals surface area contributed by atoms with Gasteiger partial charge >= 0.3 is 0 Å². The highest BCUT2D eigenvalue weighted by atomic mass is 16.5. The van der Waals surface area contributed by atoms with Gasteiger partial charge in [0.1, 0.15) is 12.3 Å². The number of oxazole rings is 1. The normalized spacial score (nSPS) is 16.0. The van der Waals surface area contributed by atoms with Crippen molar-refractivity contribution in [3.8, 4) is 0 Å². The SMILES string of the molecule is COC1CCN(C(=O)c2coc([C@H](NC(=O)c3cc(C)nc(C)c3)C(C)C)n2)CC1. The zero-order valence-corrected chi connectivity index (χ0v) is 18.3. The van der Waals surface area contributed by atoms with E-state index in [1.165, 1.54) is 6.26 Å². The largest absolute Gasteiger partial charge is 0.446 e. The number of hydrogen-bond donors (Lipinski definition) is 1. The molecule has 30 heavy (non-hydrogen) atoms. The predicted octanol–water partition coefficient (Wildman–Crippen LogP) is 3.06. The van der Waals surface area contributed by atoms with Crippen molar-refractivity contribution >= 4 is 11.8 Å². The van der Waals surface area contributed by atoms with E-state index in [2.05, 4.69) is 15.3 Å². The molecule has 8 nitrogen and oxygen atoms in total. The first kappa shape index (κ1) is 22.0. The van der Waals surface area contributed by atoms with E-state index >= 15 is 0 Å². The van der Waals surface area contributed by atoms with Crippen LogP contribution in [0.15, 0.2) is 22.8 Å². The van der Waals surface area contributed by atoms with Gasteiger partial charge in [0.2, 0.25) is 5.89 Å². The third-order valence-corrected chi connectivity index (χ3v) is 5.37. The molecule has 1 atom stereocenters. The first-order valence-electron chi connectivity index (χ1n) is 10.3. The number of aryl methyl sites for hydroxylation is 2. The van der Waals surface area contributed by atoms with Crippen molar-refractivity contribution in [2.24, 2.45) is 5.92 Å². The quantitative estimate of drug-likeness (QED) is 0.780. The van der Waals surface area contributed by atoms with E-state index < -0.39 is 6.04 Å². The number of nitrogens with zero attached hydrogens (tertiary/aromatic N) is 3. The first-order chi connectivity index (χ1) is 14.3. The summed E-state index contributed by atoms with van der Waals surface area (Å²) in [5.41, 5.74) is 2.36. The van der Waals surface area contributed by atoms with Gasteiger partial charge < -0.3 is 19.4 Å². The number of aromatic nitrogens is 2. The Kier molecular flexibility index (Phi) is 6.87. The van der Waals surface area contributed by atoms with E-state index in [1.54, 1.807) is 24.1 Å². The lowest BCUT2D eigenvalue weighted by atomic mass is 10.0. The molecule has 1 N–H and O–H groups in total. The van der Waals surface area contributed by atoms with Crippen molar-refractivity contribution in [1.82, 2.24) is 20.2 Å². The third kappa shape index (κ3) is 5.05. The van der Waals surface area contributed by atoms with Gasteiger partial charge in [-0.25, -0.2) is 4.98 Å². The van der Waals surface area contributed by atoms with E-state index in [0.29, 0.717) is 24.5 Å². The minimum absolute atomic E-state index is 0.0250. The Balaban J connectivity index is 1.72. The van der Waals surface area contributed by atoms with Gasteiger partial charge in [-0.05, 0) is 44.7 Å². The van der Waals surface area contributed by atoms with Gasteiger partial charge in [0.05, 0.1) is 6.10 Å². The summed E-state index contributed by atoms with van der Waals surface area (Å²) < 4.78 is 11.0. The second kappa shape index (κ2) is 9.38. The lowest BCUT2D eigenvalue weighted by molar-refractivity contribution is 0.0347. The van der Waals surface area contributed by atoms with Crippen LogP contribution in [0.3, 0.4) is 0 Å². The number of amides is 2. The van der Waals surface area contributed by atoms with E-state index in [0.717, 1.165) is 24.2 Å². The van der Waals surface area contributed by atoms with Gasteiger partial charge in [-0.15, -0.1) is 0 Å². The average molecular weight is 415 g/mol. The number of carbonyl (C=O) groups is 2. The zero-order chi connectivity index (χ0) is 21.8. The fraction of sp³-hybridized carbons (Fsp3) is 0.545. The highest BCUT2D eigenvalue weighted by Crippen LogP contribution is 2.23. The Bertz CT molecular complexity index is 880. The highest BCUT2D eigenvalue weighted by molar-refractivity contribution is 5.94. The third-order valence-electron chi connectivity index (χ3n) is 5.37. The van der Waals surface area contributed by atoms with Gasteiger partial charge in [-0.2, -0.15) is 0 Å². The molecule has 0 saturated carbocycles. The van der Waals surface area contributed by atoms with Crippen molar-refractivity contribution in [3.05, 3.63) is 46.9 Å². The van der Waals surface area contributed by atoms with Crippen LogP contribution in [0.4, 0.5) is 0 Å². The molecule has 2 amide bonds. The van der Waals surface area contributed by atoms with E-state index in [9.17, 15) is 9.59 Å². The zero-order valence-electron chi connectivity index (χ0n) is 18.3. The Labute approximate surface area is 177 Å². The summed E-state index contributed by atoms with van der Waals surface area (Å²) in [6.07, 6.45) is 3.19. The lowest BCUT2D eigenvalue weighted by Gasteiger charge is -2.30. The minimum Gasteiger partial charge on any atom is -0.446 e. The number of ether oxygens (including phenoxy) is 1. The topological polar surface area (TPSA) is 97.6 Å². The summed E-state index contributed by atoms with van der Waals surface area (Å²) >= 11 is 0. The Morgan fingerprint density at radius 1 is 1.17 bits per heavy atom. The number of likely N-dealkylation sites (tertiary alicyclic amines) is 1. The van der Waals surface area contributed by atoms with Crippen molar-refractivity contribution < 1.29 is 18.7 Å². The number of methoxy groups -OCH3 is 1. The van der Waals surface area contributed by atoms with Crippen molar-refractivity contribution in [3.63, 3.8) is 0 Å². The molecule has 0 spiro atoms. The first-order valence-corrected chi connectivity index (χ1v) is 10.3. The summed E-state index contributed by atoms with van der Waals surface area (Å²) in [5, 5.41) is 2.98. The number of rotatable bonds is 6. The molecule has 0 aromatic carbocycles. The van der Waals surface area contributed by atoms with Crippen LogP contribution in [-0.4, -0.2) is 53.0 Å². The monoisotopic (exact) mass is 414 g/mol. The standard InChI is InChI=1S/C22H30N4O4/c1-13(2)19(25-20(27)16-10-14(3)23-15(4)11-16)21-24-18(12-30-21)22(28)26-8-6-17(29-5)7-9-26/h10-13,17,19H,6-9H2,1-5H3,(H,25,27)/t19-/m1/s1. The fourth-order valence-electron chi connectivity index (χ4n) is 3.69. The molecular weight excluding hydrogens is 384 g/mol. The molecule has 2 aromatic rings. The number of hydrogen-bond acceptors (Lipinski definition) is 6. The van der Waals surface area contributed by atoms with Crippen LogP contribution in [0.1, 0.15) is 70.9 Å². The van der Waals surface area contributed by atoms with Gasteiger partial charge in [0.15, 0.2) is 5.69 Å². The number of pyridine rings is 1. The molecular formula is C22H30N4O4. The minimum atomic E-state index is -0.452. The molecule has 1 aliphatic heterocycles. The van der Waals surface area contributed by atoms with E-state index in [4.69, 9.17) is 9.15 Å². The van der Waals surface area contributed by atoms with Gasteiger partial charge in [0, 0.05) is 37.2 Å². The summed E-state index contributed by atoms with van der Waals surface area (Å²) in [5.74, 6) is -0.0307. The van der Waals surface area contributed by atoms with E-state index in [1.807, 2.05) is 27.7 Å². The van der Waals surface area contributed by atoms with E-state index in [-0.39, 0.29) is 29.5 Å². The molecule has 3 rings (SSSR count). The van der Waals surface area contributed by atoms with Crippen LogP contribution < -0.4 is 5.32 Å². The molecule has 3 heterocycles. The average Bonchev–Trinajstić information content (AvgIpc) is 3.20. The van der Waals surface area contributed by atoms with Crippen LogP contribution in [0, 0.1) is 19.8 Å². The van der Waals surface area contributed by atoms with Crippen LogP contribution in [0.2, 0.25) is 0 Å². The Morgan fingerprint density at radius 3 is 2.37 bits per heavy atom. The number of carbonyl (C=O) groups excluding carboxylic acids is 2. The van der Waals surface area contributed by atoms with Crippen molar-refractivity contribution in [2.75, 3.05) is 20.2 Å². The lowest BCUT2D eigenvalue weighted by Crippen LogP contribution is -2.40. The molecule has 1 saturated heterocycles. The molecule has 1 fully saturated rings. The maximum absolute atomic E-state index is 12.8. The molecule has 0 bridgehead atoms. The van der Waals surface area contributed by atoms with Gasteiger partial charge in [-0.3, -0.25) is 14.6 Å². The molecule has 0 unspecified atom stereocenters. The highest BCUT2D eigenvalue weighted by Gasteiger charge is 2.29. The van der Waals surface area contributed by atoms with Gasteiger partial charge in [-0.1, -0.05) is 13.8 Å². The Hall–Kier alpha value is -2.74. The van der Waals surface area contributed by atoms with Crippen LogP contribution >= 0.6 is 0 Å². The maximum atomic E-state index is 12.8. The second-order valence-corrected chi connectivity index (χ2v) is 8.13. The molecule has 2 aromatic heterocycles. The number of nitrogens with one attached hydrogen (secondary N) is 1. The van der Waals surface area contributed by atoms with Gasteiger partial charge in [0.25, 0.3) is 11.8 Å². The van der Waals surface area contributed by atoms with Crippen molar-refractivity contribution in [2.45, 2.75) is 52.7 Å². The van der Waals surface area contributed by atoms with Crippen LogP contribution in [-0.2, 0) is 4.74 Å². The smallest absolute Gasteiger partial charge is 0.275 e. The molecule has 162 valence electrons. The summed E-state index contributed by atoms with van der Waals surface area (Å²) in [7, 11) is 1.70. The fourth-order valence-corrected chi connectivity index (χ4v) is 3.69. The molecule has 8 heteroatoms.